The molecule has 1 aliphatic rings. The first-order valence-electron chi connectivity index (χ1n) is 6.35. The van der Waals surface area contributed by atoms with Crippen molar-refractivity contribution in [2.24, 2.45) is 11.7 Å². The average Bonchev–Trinajstić information content (AvgIpc) is 2.80. The van der Waals surface area contributed by atoms with Crippen LogP contribution in [0.4, 0.5) is 0 Å². The summed E-state index contributed by atoms with van der Waals surface area (Å²) in [4.78, 5) is 12.7. The number of hydrogen-bond acceptors (Lipinski definition) is 2. The lowest BCUT2D eigenvalue weighted by atomic mass is 10.0. The zero-order valence-corrected chi connectivity index (χ0v) is 12.4. The van der Waals surface area contributed by atoms with E-state index in [0.717, 1.165) is 24.8 Å². The molecule has 0 bridgehead atoms. The molecular formula is C14H17ClN2OS. The molecular weight excluding hydrogens is 280 g/mol. The summed E-state index contributed by atoms with van der Waals surface area (Å²) in [6, 6.07) is 5.32. The topological polar surface area (TPSA) is 55.1 Å². The van der Waals surface area contributed by atoms with E-state index in [2.05, 4.69) is 5.32 Å². The summed E-state index contributed by atoms with van der Waals surface area (Å²) < 4.78 is 0. The number of aryl methyl sites for hydroxylation is 1. The molecule has 0 saturated heterocycles. The predicted molar refractivity (Wildman–Crippen MR) is 81.6 cm³/mol. The molecule has 1 aliphatic carbocycles. The van der Waals surface area contributed by atoms with Gasteiger partial charge in [-0.3, -0.25) is 4.79 Å². The number of rotatable bonds is 3. The molecule has 5 heteroatoms. The molecule has 0 radical (unpaired) electrons. The van der Waals surface area contributed by atoms with Gasteiger partial charge in [0, 0.05) is 22.5 Å². The number of carbonyl (C=O) groups is 1. The molecule has 0 spiro atoms. The zero-order valence-electron chi connectivity index (χ0n) is 10.8. The van der Waals surface area contributed by atoms with Gasteiger partial charge in [0.2, 0.25) is 0 Å². The maximum atomic E-state index is 12.2. The second-order valence-electron chi connectivity index (χ2n) is 4.98. The molecule has 1 saturated carbocycles. The lowest BCUT2D eigenvalue weighted by molar-refractivity contribution is 0.0933. The molecule has 1 amide bonds. The molecule has 0 heterocycles. The van der Waals surface area contributed by atoms with E-state index in [1.807, 2.05) is 6.92 Å². The normalized spacial score (nSPS) is 22.2. The number of amides is 1. The fraction of sp³-hybridized carbons (Fsp3) is 0.429. The number of hydrogen-bond donors (Lipinski definition) is 2. The summed E-state index contributed by atoms with van der Waals surface area (Å²) in [5.41, 5.74) is 7.23. The Morgan fingerprint density at radius 2 is 2.21 bits per heavy atom. The number of nitrogens with one attached hydrogen (secondary N) is 1. The van der Waals surface area contributed by atoms with Crippen molar-refractivity contribution in [3.63, 3.8) is 0 Å². The predicted octanol–water partition coefficient (Wildman–Crippen LogP) is 2.83. The van der Waals surface area contributed by atoms with Gasteiger partial charge in [0.05, 0.1) is 4.99 Å². The van der Waals surface area contributed by atoms with Crippen LogP contribution >= 0.6 is 23.8 Å². The fourth-order valence-corrected chi connectivity index (χ4v) is 2.91. The quantitative estimate of drug-likeness (QED) is 0.843. The summed E-state index contributed by atoms with van der Waals surface area (Å²) in [6.07, 6.45) is 2.94. The number of thiocarbonyl (C=S) groups is 1. The first-order valence-corrected chi connectivity index (χ1v) is 7.14. The number of carbonyl (C=O) groups excluding carboxylic acids is 1. The first kappa shape index (κ1) is 14.3. The van der Waals surface area contributed by atoms with E-state index in [1.165, 1.54) is 0 Å². The van der Waals surface area contributed by atoms with Crippen LogP contribution in [-0.2, 0) is 0 Å². The molecule has 1 fully saturated rings. The van der Waals surface area contributed by atoms with Crippen molar-refractivity contribution in [3.8, 4) is 0 Å². The van der Waals surface area contributed by atoms with Crippen molar-refractivity contribution in [2.75, 3.05) is 0 Å². The summed E-state index contributed by atoms with van der Waals surface area (Å²) in [6.45, 7) is 1.88. The van der Waals surface area contributed by atoms with Gasteiger partial charge in [-0.25, -0.2) is 0 Å². The van der Waals surface area contributed by atoms with Crippen LogP contribution in [0.5, 0.6) is 0 Å². The Bertz CT molecular complexity index is 518. The maximum Gasteiger partial charge on any atom is 0.251 e. The average molecular weight is 297 g/mol. The summed E-state index contributed by atoms with van der Waals surface area (Å²) in [5.74, 6) is 0.0280. The SMILES string of the molecule is Cc1cc(C(=O)NC2CCCC2C(N)=S)ccc1Cl. The van der Waals surface area contributed by atoms with Crippen molar-refractivity contribution in [2.45, 2.75) is 32.2 Å². The van der Waals surface area contributed by atoms with E-state index in [-0.39, 0.29) is 17.9 Å². The second-order valence-corrected chi connectivity index (χ2v) is 5.86. The van der Waals surface area contributed by atoms with E-state index in [1.54, 1.807) is 18.2 Å². The Labute approximate surface area is 123 Å². The lowest BCUT2D eigenvalue weighted by Gasteiger charge is -2.20. The highest BCUT2D eigenvalue weighted by Crippen LogP contribution is 2.26. The van der Waals surface area contributed by atoms with Crippen LogP contribution in [0.3, 0.4) is 0 Å². The van der Waals surface area contributed by atoms with Gasteiger partial charge in [-0.1, -0.05) is 30.2 Å². The van der Waals surface area contributed by atoms with Gasteiger partial charge in [-0.2, -0.15) is 0 Å². The van der Waals surface area contributed by atoms with Crippen LogP contribution in [0.2, 0.25) is 5.02 Å². The first-order chi connectivity index (χ1) is 8.99. The van der Waals surface area contributed by atoms with Crippen LogP contribution in [0.25, 0.3) is 0 Å². The van der Waals surface area contributed by atoms with Gasteiger partial charge < -0.3 is 11.1 Å². The van der Waals surface area contributed by atoms with Gasteiger partial charge in [0.15, 0.2) is 0 Å². The summed E-state index contributed by atoms with van der Waals surface area (Å²) in [5, 5.41) is 3.69. The molecule has 2 rings (SSSR count). The molecule has 0 aliphatic heterocycles. The third-order valence-corrected chi connectivity index (χ3v) is 4.34. The molecule has 1 aromatic carbocycles. The van der Waals surface area contributed by atoms with Crippen molar-refractivity contribution in [1.29, 1.82) is 0 Å². The van der Waals surface area contributed by atoms with Crippen LogP contribution in [0.15, 0.2) is 18.2 Å². The molecule has 102 valence electrons. The second kappa shape index (κ2) is 5.88. The molecule has 19 heavy (non-hydrogen) atoms. The Balaban J connectivity index is 2.08. The van der Waals surface area contributed by atoms with Crippen molar-refractivity contribution >= 4 is 34.7 Å². The molecule has 3 nitrogen and oxygen atoms in total. The number of benzene rings is 1. The van der Waals surface area contributed by atoms with Gasteiger partial charge in [-0.05, 0) is 43.5 Å². The Morgan fingerprint density at radius 1 is 1.47 bits per heavy atom. The summed E-state index contributed by atoms with van der Waals surface area (Å²) in [7, 11) is 0. The molecule has 1 aromatic rings. The Morgan fingerprint density at radius 3 is 2.84 bits per heavy atom. The van der Waals surface area contributed by atoms with Crippen molar-refractivity contribution < 1.29 is 4.79 Å². The molecule has 2 atom stereocenters. The largest absolute Gasteiger partial charge is 0.393 e. The third kappa shape index (κ3) is 3.25. The van der Waals surface area contributed by atoms with Crippen molar-refractivity contribution in [3.05, 3.63) is 34.3 Å². The monoisotopic (exact) mass is 296 g/mol. The van der Waals surface area contributed by atoms with Gasteiger partial charge in [-0.15, -0.1) is 0 Å². The van der Waals surface area contributed by atoms with Crippen molar-refractivity contribution in [1.82, 2.24) is 5.32 Å². The number of halogens is 1. The standard InChI is InChI=1S/C14H17ClN2OS/c1-8-7-9(5-6-11(8)15)14(18)17-12-4-2-3-10(12)13(16)19/h5-7,10,12H,2-4H2,1H3,(H2,16,19)(H,17,18). The van der Waals surface area contributed by atoms with E-state index >= 15 is 0 Å². The van der Waals surface area contributed by atoms with Crippen LogP contribution in [0, 0.1) is 12.8 Å². The minimum atomic E-state index is -0.0899. The van der Waals surface area contributed by atoms with Gasteiger partial charge in [0.1, 0.15) is 0 Å². The molecule has 2 unspecified atom stereocenters. The summed E-state index contributed by atoms with van der Waals surface area (Å²) >= 11 is 11.0. The highest BCUT2D eigenvalue weighted by molar-refractivity contribution is 7.80. The van der Waals surface area contributed by atoms with Gasteiger partial charge in [0.25, 0.3) is 5.91 Å². The zero-order chi connectivity index (χ0) is 14.0. The van der Waals surface area contributed by atoms with E-state index in [0.29, 0.717) is 15.6 Å². The minimum Gasteiger partial charge on any atom is -0.393 e. The molecule has 0 aromatic heterocycles. The van der Waals surface area contributed by atoms with E-state index < -0.39 is 0 Å². The van der Waals surface area contributed by atoms with Crippen LogP contribution in [-0.4, -0.2) is 16.9 Å². The van der Waals surface area contributed by atoms with Gasteiger partial charge >= 0.3 is 0 Å². The lowest BCUT2D eigenvalue weighted by Crippen LogP contribution is -2.41. The van der Waals surface area contributed by atoms with Crippen LogP contribution < -0.4 is 11.1 Å². The fourth-order valence-electron chi connectivity index (χ4n) is 2.51. The van der Waals surface area contributed by atoms with E-state index in [9.17, 15) is 4.79 Å². The van der Waals surface area contributed by atoms with E-state index in [4.69, 9.17) is 29.6 Å². The Hall–Kier alpha value is -1.13. The minimum absolute atomic E-state index is 0.0565. The highest BCUT2D eigenvalue weighted by Gasteiger charge is 2.30. The third-order valence-electron chi connectivity index (χ3n) is 3.62. The highest BCUT2D eigenvalue weighted by atomic mass is 35.5. The Kier molecular flexibility index (Phi) is 4.42. The maximum absolute atomic E-state index is 12.2. The number of nitrogens with two attached hydrogens (primary N) is 1. The molecule has 3 N–H and O–H groups in total. The van der Waals surface area contributed by atoms with Crippen LogP contribution in [0.1, 0.15) is 35.2 Å². The smallest absolute Gasteiger partial charge is 0.251 e.